The van der Waals surface area contributed by atoms with Crippen LogP contribution in [-0.2, 0) is 6.61 Å². The zero-order valence-corrected chi connectivity index (χ0v) is 6.73. The summed E-state index contributed by atoms with van der Waals surface area (Å²) in [5, 5.41) is 12.3. The summed E-state index contributed by atoms with van der Waals surface area (Å²) in [5.74, 6) is 0. The molecule has 0 radical (unpaired) electrons. The van der Waals surface area contributed by atoms with Crippen molar-refractivity contribution in [3.8, 4) is 0 Å². The molecular weight excluding hydrogens is 154 g/mol. The van der Waals surface area contributed by atoms with Crippen molar-refractivity contribution in [1.29, 1.82) is 0 Å². The lowest BCUT2D eigenvalue weighted by molar-refractivity contribution is 0.282. The number of hydrogen-bond donors (Lipinski definition) is 1. The minimum absolute atomic E-state index is 0.101. The Morgan fingerprint density at radius 2 is 2.33 bits per heavy atom. The average molecular weight is 163 g/mol. The smallest absolute Gasteiger partial charge is 0.0686 e. The fraction of sp³-hybridized carbons (Fsp3) is 0.250. The fourth-order valence-electron chi connectivity index (χ4n) is 0.987. The lowest BCUT2D eigenvalue weighted by Crippen LogP contribution is -1.84. The van der Waals surface area contributed by atoms with E-state index in [-0.39, 0.29) is 6.61 Å². The second-order valence-electron chi connectivity index (χ2n) is 2.48. The average Bonchev–Trinajstić information content (AvgIpc) is 2.08. The summed E-state index contributed by atoms with van der Waals surface area (Å²) in [6.45, 7) is 1.81. The molecular formula is C8H9N3O. The highest BCUT2D eigenvalue weighted by Gasteiger charge is 1.98. The van der Waals surface area contributed by atoms with Gasteiger partial charge in [-0.15, -0.1) is 0 Å². The molecule has 0 aliphatic heterocycles. The van der Waals surface area contributed by atoms with Gasteiger partial charge in [0.05, 0.1) is 6.61 Å². The Morgan fingerprint density at radius 1 is 1.58 bits per heavy atom. The number of rotatable bonds is 2. The second-order valence-corrected chi connectivity index (χ2v) is 2.48. The minimum Gasteiger partial charge on any atom is -0.392 e. The van der Waals surface area contributed by atoms with Gasteiger partial charge in [0.25, 0.3) is 0 Å². The van der Waals surface area contributed by atoms with Gasteiger partial charge in [-0.25, -0.2) is 0 Å². The highest BCUT2D eigenvalue weighted by Crippen LogP contribution is 2.20. The Hall–Kier alpha value is -1.51. The number of benzene rings is 1. The van der Waals surface area contributed by atoms with Crippen molar-refractivity contribution in [2.24, 2.45) is 5.11 Å². The van der Waals surface area contributed by atoms with Crippen molar-refractivity contribution < 1.29 is 5.11 Å². The van der Waals surface area contributed by atoms with Crippen LogP contribution in [0.4, 0.5) is 5.69 Å². The minimum atomic E-state index is -0.101. The number of aliphatic hydroxyl groups is 1. The highest BCUT2D eigenvalue weighted by molar-refractivity contribution is 5.47. The molecule has 0 spiro atoms. The number of azide groups is 1. The van der Waals surface area contributed by atoms with E-state index >= 15 is 0 Å². The van der Waals surface area contributed by atoms with Gasteiger partial charge in [-0.1, -0.05) is 28.9 Å². The summed E-state index contributed by atoms with van der Waals surface area (Å²) in [4.78, 5) is 2.66. The molecule has 0 saturated heterocycles. The second kappa shape index (κ2) is 3.76. The van der Waals surface area contributed by atoms with E-state index in [0.717, 1.165) is 5.56 Å². The SMILES string of the molecule is Cc1ccc(N=[N+]=[N-])c(CO)c1. The van der Waals surface area contributed by atoms with Crippen LogP contribution >= 0.6 is 0 Å². The molecule has 0 atom stereocenters. The van der Waals surface area contributed by atoms with Crippen molar-refractivity contribution in [3.05, 3.63) is 39.8 Å². The van der Waals surface area contributed by atoms with Gasteiger partial charge in [-0.3, -0.25) is 0 Å². The van der Waals surface area contributed by atoms with E-state index in [4.69, 9.17) is 10.6 Å². The van der Waals surface area contributed by atoms with Gasteiger partial charge in [0.1, 0.15) is 0 Å². The molecule has 0 aliphatic carbocycles. The summed E-state index contributed by atoms with van der Waals surface area (Å²) in [6.07, 6.45) is 0. The first-order chi connectivity index (χ1) is 5.77. The molecule has 1 aromatic rings. The van der Waals surface area contributed by atoms with Crippen LogP contribution in [0.1, 0.15) is 11.1 Å². The summed E-state index contributed by atoms with van der Waals surface area (Å²) >= 11 is 0. The van der Waals surface area contributed by atoms with E-state index in [1.54, 1.807) is 12.1 Å². The van der Waals surface area contributed by atoms with Gasteiger partial charge >= 0.3 is 0 Å². The molecule has 1 N–H and O–H groups in total. The normalized spacial score (nSPS) is 9.17. The van der Waals surface area contributed by atoms with E-state index < -0.39 is 0 Å². The molecule has 0 saturated carbocycles. The van der Waals surface area contributed by atoms with Crippen LogP contribution < -0.4 is 0 Å². The van der Waals surface area contributed by atoms with Gasteiger partial charge in [0, 0.05) is 10.6 Å². The van der Waals surface area contributed by atoms with Crippen LogP contribution in [0.15, 0.2) is 23.3 Å². The number of nitrogens with zero attached hydrogens (tertiary/aromatic N) is 3. The van der Waals surface area contributed by atoms with Crippen LogP contribution in [0.5, 0.6) is 0 Å². The van der Waals surface area contributed by atoms with Crippen LogP contribution in [0.25, 0.3) is 10.4 Å². The van der Waals surface area contributed by atoms with Crippen molar-refractivity contribution in [1.82, 2.24) is 0 Å². The van der Waals surface area contributed by atoms with E-state index in [1.807, 2.05) is 13.0 Å². The predicted molar refractivity (Wildman–Crippen MR) is 45.9 cm³/mol. The first-order valence-corrected chi connectivity index (χ1v) is 3.53. The number of hydrogen-bond acceptors (Lipinski definition) is 2. The van der Waals surface area contributed by atoms with Gasteiger partial charge in [-0.2, -0.15) is 0 Å². The van der Waals surface area contributed by atoms with Gasteiger partial charge in [-0.05, 0) is 18.0 Å². The molecule has 12 heavy (non-hydrogen) atoms. The zero-order chi connectivity index (χ0) is 8.97. The Kier molecular flexibility index (Phi) is 2.69. The third kappa shape index (κ3) is 1.75. The Balaban J connectivity index is 3.19. The summed E-state index contributed by atoms with van der Waals surface area (Å²) in [7, 11) is 0. The quantitative estimate of drug-likeness (QED) is 0.406. The first kappa shape index (κ1) is 8.59. The standard InChI is InChI=1S/C8H9N3O/c1-6-2-3-8(10-11-9)7(4-6)5-12/h2-4,12H,5H2,1H3. The zero-order valence-electron chi connectivity index (χ0n) is 6.73. The molecule has 1 aromatic carbocycles. The van der Waals surface area contributed by atoms with E-state index in [2.05, 4.69) is 10.0 Å². The maximum atomic E-state index is 8.89. The Labute approximate surface area is 70.1 Å². The van der Waals surface area contributed by atoms with Gasteiger partial charge < -0.3 is 5.11 Å². The summed E-state index contributed by atoms with van der Waals surface area (Å²) in [5.41, 5.74) is 10.4. The van der Waals surface area contributed by atoms with E-state index in [1.165, 1.54) is 0 Å². The van der Waals surface area contributed by atoms with E-state index in [0.29, 0.717) is 11.3 Å². The molecule has 0 fully saturated rings. The number of aliphatic hydroxyl groups excluding tert-OH is 1. The third-order valence-electron chi connectivity index (χ3n) is 1.56. The van der Waals surface area contributed by atoms with E-state index in [9.17, 15) is 0 Å². The monoisotopic (exact) mass is 163 g/mol. The molecule has 62 valence electrons. The molecule has 4 nitrogen and oxygen atoms in total. The number of aryl methyl sites for hydroxylation is 1. The van der Waals surface area contributed by atoms with Gasteiger partial charge in [0.15, 0.2) is 0 Å². The molecule has 1 rings (SSSR count). The maximum absolute atomic E-state index is 8.89. The molecule has 0 aliphatic rings. The predicted octanol–water partition coefficient (Wildman–Crippen LogP) is 2.43. The first-order valence-electron chi connectivity index (χ1n) is 3.53. The highest BCUT2D eigenvalue weighted by atomic mass is 16.3. The lowest BCUT2D eigenvalue weighted by atomic mass is 10.1. The van der Waals surface area contributed by atoms with Crippen molar-refractivity contribution in [2.45, 2.75) is 13.5 Å². The summed E-state index contributed by atoms with van der Waals surface area (Å²) in [6, 6.07) is 5.33. The van der Waals surface area contributed by atoms with Crippen molar-refractivity contribution in [3.63, 3.8) is 0 Å². The Bertz CT molecular complexity index is 329. The van der Waals surface area contributed by atoms with Crippen molar-refractivity contribution >= 4 is 5.69 Å². The molecule has 0 aromatic heterocycles. The van der Waals surface area contributed by atoms with Crippen molar-refractivity contribution in [2.75, 3.05) is 0 Å². The molecule has 0 amide bonds. The fourth-order valence-corrected chi connectivity index (χ4v) is 0.987. The molecule has 0 bridgehead atoms. The molecule has 0 heterocycles. The lowest BCUT2D eigenvalue weighted by Gasteiger charge is -2.01. The van der Waals surface area contributed by atoms with Crippen LogP contribution in [0.2, 0.25) is 0 Å². The van der Waals surface area contributed by atoms with Gasteiger partial charge in [0.2, 0.25) is 0 Å². The van der Waals surface area contributed by atoms with Crippen LogP contribution in [0, 0.1) is 6.92 Å². The van der Waals surface area contributed by atoms with Crippen LogP contribution in [-0.4, -0.2) is 5.11 Å². The summed E-state index contributed by atoms with van der Waals surface area (Å²) < 4.78 is 0. The molecule has 0 unspecified atom stereocenters. The maximum Gasteiger partial charge on any atom is 0.0686 e. The largest absolute Gasteiger partial charge is 0.392 e. The van der Waals surface area contributed by atoms with Crippen LogP contribution in [0.3, 0.4) is 0 Å². The topological polar surface area (TPSA) is 69.0 Å². The third-order valence-corrected chi connectivity index (χ3v) is 1.56. The molecule has 4 heteroatoms. The Morgan fingerprint density at radius 3 is 2.92 bits per heavy atom.